The van der Waals surface area contributed by atoms with Gasteiger partial charge in [0.25, 0.3) is 5.91 Å². The van der Waals surface area contributed by atoms with Gasteiger partial charge in [-0.05, 0) is 39.3 Å². The number of anilines is 1. The number of alkyl halides is 3. The van der Waals surface area contributed by atoms with Crippen molar-refractivity contribution in [1.29, 1.82) is 0 Å². The van der Waals surface area contributed by atoms with E-state index in [1.54, 1.807) is 30.4 Å². The molecule has 0 saturated heterocycles. The summed E-state index contributed by atoms with van der Waals surface area (Å²) in [5.41, 5.74) is -0.149. The first-order valence-corrected chi connectivity index (χ1v) is 6.83. The third kappa shape index (κ3) is 6.17. The average Bonchev–Trinajstić information content (AvgIpc) is 2.35. The van der Waals surface area contributed by atoms with Gasteiger partial charge in [0.05, 0.1) is 0 Å². The molecule has 1 aromatic carbocycles. The molecule has 128 valence electrons. The molecule has 0 aliphatic heterocycles. The van der Waals surface area contributed by atoms with Crippen LogP contribution in [0.25, 0.3) is 0 Å². The molecule has 1 unspecified atom stereocenters. The standard InChI is InChI=1S/C15H19F3N2O3/c1-9-7-5-6-8-10(9)19-12(21)11(15(16,17)18)20-13(22)23-14(2,3)4/h5-8,11H,1-4H3,(H,19,21)(H,20,22). The van der Waals surface area contributed by atoms with Crippen molar-refractivity contribution in [2.45, 2.75) is 45.5 Å². The van der Waals surface area contributed by atoms with Gasteiger partial charge in [0.2, 0.25) is 6.04 Å². The van der Waals surface area contributed by atoms with Gasteiger partial charge in [0.1, 0.15) is 5.60 Å². The molecule has 0 aliphatic rings. The molecule has 0 spiro atoms. The van der Waals surface area contributed by atoms with Crippen LogP contribution < -0.4 is 10.6 Å². The number of hydrogen-bond donors (Lipinski definition) is 2. The highest BCUT2D eigenvalue weighted by Crippen LogP contribution is 2.23. The van der Waals surface area contributed by atoms with Gasteiger partial charge < -0.3 is 15.4 Å². The molecule has 1 aromatic rings. The maximum Gasteiger partial charge on any atom is 0.417 e. The zero-order valence-electron chi connectivity index (χ0n) is 13.2. The molecule has 2 N–H and O–H groups in total. The van der Waals surface area contributed by atoms with Crippen molar-refractivity contribution in [2.24, 2.45) is 0 Å². The largest absolute Gasteiger partial charge is 0.444 e. The van der Waals surface area contributed by atoms with Gasteiger partial charge in [0.15, 0.2) is 0 Å². The quantitative estimate of drug-likeness (QED) is 0.891. The first kappa shape index (κ1) is 18.8. The van der Waals surface area contributed by atoms with E-state index in [0.29, 0.717) is 5.56 Å². The lowest BCUT2D eigenvalue weighted by molar-refractivity contribution is -0.164. The van der Waals surface area contributed by atoms with Crippen molar-refractivity contribution in [2.75, 3.05) is 5.32 Å². The molecule has 1 rings (SSSR count). The smallest absolute Gasteiger partial charge is 0.417 e. The predicted octanol–water partition coefficient (Wildman–Crippen LogP) is 3.39. The minimum atomic E-state index is -4.95. The summed E-state index contributed by atoms with van der Waals surface area (Å²) in [4.78, 5) is 23.4. The molecule has 2 amide bonds. The van der Waals surface area contributed by atoms with Crippen molar-refractivity contribution >= 4 is 17.7 Å². The van der Waals surface area contributed by atoms with Crippen LogP contribution in [0.4, 0.5) is 23.7 Å². The van der Waals surface area contributed by atoms with Crippen LogP contribution in [-0.4, -0.2) is 29.8 Å². The fraction of sp³-hybridized carbons (Fsp3) is 0.467. The number of nitrogens with one attached hydrogen (secondary N) is 2. The summed E-state index contributed by atoms with van der Waals surface area (Å²) in [6.45, 7) is 6.15. The molecule has 0 saturated carbocycles. The molecule has 8 heteroatoms. The van der Waals surface area contributed by atoms with E-state index in [0.717, 1.165) is 0 Å². The van der Waals surface area contributed by atoms with E-state index in [4.69, 9.17) is 4.74 Å². The van der Waals surface area contributed by atoms with Gasteiger partial charge in [0, 0.05) is 5.69 Å². The lowest BCUT2D eigenvalue weighted by atomic mass is 10.2. The Balaban J connectivity index is 2.88. The first-order chi connectivity index (χ1) is 10.4. The van der Waals surface area contributed by atoms with E-state index in [1.165, 1.54) is 26.8 Å². The zero-order chi connectivity index (χ0) is 17.8. The third-order valence-electron chi connectivity index (χ3n) is 2.65. The maximum atomic E-state index is 13.0. The highest BCUT2D eigenvalue weighted by molar-refractivity contribution is 5.97. The molecule has 0 heterocycles. The number of halogens is 3. The van der Waals surface area contributed by atoms with Crippen LogP contribution in [0.3, 0.4) is 0 Å². The minimum Gasteiger partial charge on any atom is -0.444 e. The van der Waals surface area contributed by atoms with Crippen LogP contribution in [0.2, 0.25) is 0 Å². The summed E-state index contributed by atoms with van der Waals surface area (Å²) in [5.74, 6) is -1.39. The first-order valence-electron chi connectivity index (χ1n) is 6.83. The Bertz CT molecular complexity index is 580. The summed E-state index contributed by atoms with van der Waals surface area (Å²) < 4.78 is 43.9. The fourth-order valence-electron chi connectivity index (χ4n) is 1.64. The zero-order valence-corrected chi connectivity index (χ0v) is 13.2. The molecule has 0 radical (unpaired) electrons. The topological polar surface area (TPSA) is 67.4 Å². The normalized spacial score (nSPS) is 13.2. The second kappa shape index (κ2) is 6.89. The molecule has 0 fully saturated rings. The molecule has 0 aliphatic carbocycles. The van der Waals surface area contributed by atoms with Gasteiger partial charge in [-0.1, -0.05) is 18.2 Å². The van der Waals surface area contributed by atoms with Crippen molar-refractivity contribution < 1.29 is 27.5 Å². The van der Waals surface area contributed by atoms with Crippen LogP contribution in [-0.2, 0) is 9.53 Å². The average molecular weight is 332 g/mol. The third-order valence-corrected chi connectivity index (χ3v) is 2.65. The number of rotatable bonds is 3. The van der Waals surface area contributed by atoms with Gasteiger partial charge in [-0.25, -0.2) is 4.79 Å². The molecular weight excluding hydrogens is 313 g/mol. The maximum absolute atomic E-state index is 13.0. The Morgan fingerprint density at radius 3 is 2.17 bits per heavy atom. The highest BCUT2D eigenvalue weighted by Gasteiger charge is 2.46. The highest BCUT2D eigenvalue weighted by atomic mass is 19.4. The second-order valence-corrected chi connectivity index (χ2v) is 5.93. The Kier molecular flexibility index (Phi) is 5.63. The SMILES string of the molecule is Cc1ccccc1NC(=O)C(NC(=O)OC(C)(C)C)C(F)(F)F. The Labute approximate surface area is 132 Å². The lowest BCUT2D eigenvalue weighted by Gasteiger charge is -2.24. The van der Waals surface area contributed by atoms with Crippen LogP contribution in [0.15, 0.2) is 24.3 Å². The van der Waals surface area contributed by atoms with Crippen LogP contribution in [0.1, 0.15) is 26.3 Å². The summed E-state index contributed by atoms with van der Waals surface area (Å²) in [6.07, 6.45) is -6.27. The number of benzene rings is 1. The van der Waals surface area contributed by atoms with Gasteiger partial charge in [-0.3, -0.25) is 4.79 Å². The van der Waals surface area contributed by atoms with Crippen molar-refractivity contribution in [3.8, 4) is 0 Å². The Morgan fingerprint density at radius 2 is 1.70 bits per heavy atom. The van der Waals surface area contributed by atoms with E-state index in [2.05, 4.69) is 5.32 Å². The second-order valence-electron chi connectivity index (χ2n) is 5.93. The fourth-order valence-corrected chi connectivity index (χ4v) is 1.64. The van der Waals surface area contributed by atoms with E-state index in [1.807, 2.05) is 0 Å². The number of ether oxygens (including phenoxy) is 1. The molecule has 5 nitrogen and oxygen atoms in total. The lowest BCUT2D eigenvalue weighted by Crippen LogP contribution is -2.53. The monoisotopic (exact) mass is 332 g/mol. The van der Waals surface area contributed by atoms with Crippen molar-refractivity contribution in [3.63, 3.8) is 0 Å². The van der Waals surface area contributed by atoms with Crippen LogP contribution in [0, 0.1) is 6.92 Å². The summed E-state index contributed by atoms with van der Waals surface area (Å²) in [6, 6.07) is 3.66. The van der Waals surface area contributed by atoms with E-state index in [9.17, 15) is 22.8 Å². The Morgan fingerprint density at radius 1 is 1.13 bits per heavy atom. The minimum absolute atomic E-state index is 0.234. The molecule has 1 atom stereocenters. The van der Waals surface area contributed by atoms with Crippen molar-refractivity contribution in [1.82, 2.24) is 5.32 Å². The molecule has 0 bridgehead atoms. The molecular formula is C15H19F3N2O3. The molecule has 23 heavy (non-hydrogen) atoms. The van der Waals surface area contributed by atoms with Gasteiger partial charge >= 0.3 is 12.3 Å². The number of carbonyl (C=O) groups excluding carboxylic acids is 2. The van der Waals surface area contributed by atoms with Crippen molar-refractivity contribution in [3.05, 3.63) is 29.8 Å². The number of aryl methyl sites for hydroxylation is 1. The number of alkyl carbamates (subject to hydrolysis) is 1. The predicted molar refractivity (Wildman–Crippen MR) is 79.0 cm³/mol. The summed E-state index contributed by atoms with van der Waals surface area (Å²) in [5, 5.41) is 3.71. The van der Waals surface area contributed by atoms with Crippen LogP contribution in [0.5, 0.6) is 0 Å². The molecule has 0 aromatic heterocycles. The van der Waals surface area contributed by atoms with Gasteiger partial charge in [-0.2, -0.15) is 13.2 Å². The summed E-state index contributed by atoms with van der Waals surface area (Å²) in [7, 11) is 0. The van der Waals surface area contributed by atoms with Crippen LogP contribution >= 0.6 is 0 Å². The summed E-state index contributed by atoms with van der Waals surface area (Å²) >= 11 is 0. The Hall–Kier alpha value is -2.25. The van der Waals surface area contributed by atoms with E-state index >= 15 is 0 Å². The van der Waals surface area contributed by atoms with Gasteiger partial charge in [-0.15, -0.1) is 0 Å². The number of carbonyl (C=O) groups is 2. The number of hydrogen-bond acceptors (Lipinski definition) is 3. The van der Waals surface area contributed by atoms with E-state index in [-0.39, 0.29) is 5.69 Å². The number of amides is 2. The number of para-hydroxylation sites is 1. The van der Waals surface area contributed by atoms with E-state index < -0.39 is 29.8 Å².